The molecule has 0 aliphatic carbocycles. The summed E-state index contributed by atoms with van der Waals surface area (Å²) in [6.45, 7) is 1.35. The number of hydrogen-bond acceptors (Lipinski definition) is 10. The lowest BCUT2D eigenvalue weighted by molar-refractivity contribution is -0.139. The Kier molecular flexibility index (Phi) is 27.2. The van der Waals surface area contributed by atoms with Crippen molar-refractivity contribution < 1.29 is 48.1 Å². The van der Waals surface area contributed by atoms with Crippen molar-refractivity contribution in [1.29, 1.82) is 0 Å². The van der Waals surface area contributed by atoms with Crippen LogP contribution in [0.15, 0.2) is 60.7 Å². The van der Waals surface area contributed by atoms with Crippen molar-refractivity contribution in [3.63, 3.8) is 0 Å². The summed E-state index contributed by atoms with van der Waals surface area (Å²) in [6, 6.07) is 17.4. The largest absolute Gasteiger partial charge is 0.480 e. The number of alkyl carbamates (subject to hydrolysis) is 3. The minimum absolute atomic E-state index is 0. The van der Waals surface area contributed by atoms with E-state index in [2.05, 4.69) is 43.9 Å². The van der Waals surface area contributed by atoms with E-state index in [1.165, 1.54) is 0 Å². The Labute approximate surface area is 300 Å². The highest BCUT2D eigenvalue weighted by molar-refractivity contribution is 6.93. The highest BCUT2D eigenvalue weighted by atomic mass is 35.5. The minimum atomic E-state index is -1.000. The van der Waals surface area contributed by atoms with E-state index in [0.717, 1.165) is 11.1 Å². The summed E-state index contributed by atoms with van der Waals surface area (Å²) in [4.78, 5) is 64.3. The number of carbonyl (C=O) groups is 6. The first kappa shape index (κ1) is 46.3. The van der Waals surface area contributed by atoms with E-state index in [1.54, 1.807) is 0 Å². The zero-order valence-electron chi connectivity index (χ0n) is 25.8. The average molecular weight is 758 g/mol. The number of rotatable bonds is 15. The molecular weight excluding hydrogens is 718 g/mol. The molecule has 48 heavy (non-hydrogen) atoms. The number of unbranched alkanes of at least 4 members (excludes halogenated alkanes) is 2. The first-order chi connectivity index (χ1) is 22.0. The molecule has 2 atom stereocenters. The van der Waals surface area contributed by atoms with Gasteiger partial charge in [-0.1, -0.05) is 60.7 Å². The third-order valence-electron chi connectivity index (χ3n) is 5.91. The van der Waals surface area contributed by atoms with Crippen LogP contribution in [0.3, 0.4) is 0 Å². The standard InChI is InChI=1S/C15H18N2O5.C14H20N2O4.CCl2O.2ClH/c18-13-12(17-15(20)22-13)8-4-5-9-16-14(19)21-10-11-6-2-1-3-7-11;15-12(13(17)18)8-4-5-9-16-14(19)20-10-11-6-2-1-3-7-11;2-1(3)4;;/h1-3,6-7,12H,4-5,8-10H2,(H,16,19)(H,17,20);1-3,6-7,12H,4-5,8-10,15H2,(H,16,19)(H,17,18);;2*1H/t2*12-;;;/m00.../s1. The number of hydrogen-bond donors (Lipinski definition) is 5. The molecule has 1 fully saturated rings. The molecule has 6 N–H and O–H groups in total. The zero-order valence-corrected chi connectivity index (χ0v) is 28.9. The van der Waals surface area contributed by atoms with Crippen molar-refractivity contribution in [3.8, 4) is 0 Å². The summed E-state index contributed by atoms with van der Waals surface area (Å²) in [5.41, 5.74) is 7.21. The molecule has 3 rings (SSSR count). The first-order valence-corrected chi connectivity index (χ1v) is 15.0. The van der Waals surface area contributed by atoms with Gasteiger partial charge in [0.25, 0.3) is 0 Å². The monoisotopic (exact) mass is 756 g/mol. The van der Waals surface area contributed by atoms with Gasteiger partial charge in [0.2, 0.25) is 0 Å². The molecule has 1 aliphatic rings. The van der Waals surface area contributed by atoms with Gasteiger partial charge in [0.05, 0.1) is 0 Å². The third kappa shape index (κ3) is 24.4. The molecule has 18 heteroatoms. The molecule has 0 aromatic heterocycles. The van der Waals surface area contributed by atoms with Crippen molar-refractivity contribution in [3.05, 3.63) is 71.8 Å². The number of esters is 1. The van der Waals surface area contributed by atoms with Crippen molar-refractivity contribution in [2.24, 2.45) is 5.73 Å². The number of amides is 3. The second kappa shape index (κ2) is 28.2. The molecule has 1 heterocycles. The molecule has 0 unspecified atom stereocenters. The number of aliphatic carboxylic acids is 1. The van der Waals surface area contributed by atoms with E-state index < -0.39 is 47.0 Å². The number of nitrogens with two attached hydrogens (primary N) is 1. The maximum absolute atomic E-state index is 11.5. The van der Waals surface area contributed by atoms with Crippen LogP contribution in [0.2, 0.25) is 0 Å². The smallest absolute Gasteiger partial charge is 0.415 e. The Morgan fingerprint density at radius 2 is 1.25 bits per heavy atom. The van der Waals surface area contributed by atoms with E-state index in [4.69, 9.17) is 25.1 Å². The minimum Gasteiger partial charge on any atom is -0.480 e. The van der Waals surface area contributed by atoms with Gasteiger partial charge in [-0.15, -0.1) is 24.8 Å². The molecule has 14 nitrogen and oxygen atoms in total. The van der Waals surface area contributed by atoms with Gasteiger partial charge in [-0.25, -0.2) is 19.2 Å². The lowest BCUT2D eigenvalue weighted by Crippen LogP contribution is -2.30. The Morgan fingerprint density at radius 3 is 1.65 bits per heavy atom. The maximum Gasteiger partial charge on any atom is 0.415 e. The van der Waals surface area contributed by atoms with Crippen LogP contribution in [-0.4, -0.2) is 65.2 Å². The Bertz CT molecular complexity index is 1240. The van der Waals surface area contributed by atoms with Gasteiger partial charge in [0.15, 0.2) is 0 Å². The number of carboxylic acid groups (broad SMARTS) is 1. The van der Waals surface area contributed by atoms with Crippen LogP contribution in [0.25, 0.3) is 0 Å². The maximum atomic E-state index is 11.5. The summed E-state index contributed by atoms with van der Waals surface area (Å²) in [5.74, 6) is -1.54. The van der Waals surface area contributed by atoms with Gasteiger partial charge in [-0.05, 0) is 72.9 Å². The van der Waals surface area contributed by atoms with E-state index in [1.807, 2.05) is 60.7 Å². The fourth-order valence-corrected chi connectivity index (χ4v) is 3.60. The fraction of sp³-hybridized carbons (Fsp3) is 0.400. The fourth-order valence-electron chi connectivity index (χ4n) is 3.60. The molecule has 0 bridgehead atoms. The second-order valence-electron chi connectivity index (χ2n) is 9.54. The van der Waals surface area contributed by atoms with Gasteiger partial charge in [0.1, 0.15) is 25.3 Å². The average Bonchev–Trinajstić information content (AvgIpc) is 3.35. The molecule has 268 valence electrons. The van der Waals surface area contributed by atoms with E-state index in [-0.39, 0.29) is 38.0 Å². The molecule has 2 aromatic rings. The molecular formula is C30H40Cl4N4O10. The SMILES string of the molecule is Cl.Cl.N[C@@H](CCCCNC(=O)OCc1ccccc1)C(=O)O.O=C(Cl)Cl.O=C(NCCCC[C@@H]1NC(=O)OC1=O)OCc1ccccc1. The van der Waals surface area contributed by atoms with Crippen LogP contribution in [0.4, 0.5) is 19.2 Å². The number of cyclic esters (lactones) is 2. The van der Waals surface area contributed by atoms with Crippen LogP contribution < -0.4 is 21.7 Å². The molecule has 2 aromatic carbocycles. The van der Waals surface area contributed by atoms with Crippen LogP contribution in [0.5, 0.6) is 0 Å². The van der Waals surface area contributed by atoms with Crippen molar-refractivity contribution in [1.82, 2.24) is 16.0 Å². The summed E-state index contributed by atoms with van der Waals surface area (Å²) in [5, 5.41) is 16.2. The van der Waals surface area contributed by atoms with Gasteiger partial charge >= 0.3 is 34.9 Å². The Balaban J connectivity index is 0. The van der Waals surface area contributed by atoms with Gasteiger partial charge in [0, 0.05) is 13.1 Å². The normalized spacial score (nSPS) is 13.1. The Morgan fingerprint density at radius 1 is 0.812 bits per heavy atom. The Hall–Kier alpha value is -3.82. The van der Waals surface area contributed by atoms with Crippen LogP contribution in [0, 0.1) is 0 Å². The van der Waals surface area contributed by atoms with Crippen molar-refractivity contribution in [2.75, 3.05) is 13.1 Å². The molecule has 0 spiro atoms. The first-order valence-electron chi connectivity index (χ1n) is 14.2. The van der Waals surface area contributed by atoms with E-state index in [0.29, 0.717) is 51.6 Å². The summed E-state index contributed by atoms with van der Waals surface area (Å²) < 4.78 is 13.6. The number of carboxylic acids is 1. The van der Waals surface area contributed by atoms with Gasteiger partial charge in [-0.2, -0.15) is 0 Å². The quantitative estimate of drug-likeness (QED) is 0.0493. The number of ether oxygens (including phenoxy) is 3. The second-order valence-corrected chi connectivity index (χ2v) is 10.4. The number of halogens is 4. The zero-order chi connectivity index (χ0) is 34.2. The predicted molar refractivity (Wildman–Crippen MR) is 183 cm³/mol. The summed E-state index contributed by atoms with van der Waals surface area (Å²) >= 11 is 8.80. The van der Waals surface area contributed by atoms with E-state index in [9.17, 15) is 24.0 Å². The number of nitrogens with one attached hydrogen (secondary N) is 3. The van der Waals surface area contributed by atoms with Gasteiger partial charge < -0.3 is 41.0 Å². The number of carbonyl (C=O) groups excluding carboxylic acids is 5. The lowest BCUT2D eigenvalue weighted by Gasteiger charge is -2.08. The topological polar surface area (TPSA) is 212 Å². The molecule has 1 aliphatic heterocycles. The highest BCUT2D eigenvalue weighted by Gasteiger charge is 2.31. The summed E-state index contributed by atoms with van der Waals surface area (Å²) in [7, 11) is 0. The predicted octanol–water partition coefficient (Wildman–Crippen LogP) is 5.64. The van der Waals surface area contributed by atoms with Crippen LogP contribution in [-0.2, 0) is 37.0 Å². The molecule has 1 saturated heterocycles. The third-order valence-corrected chi connectivity index (χ3v) is 5.91. The molecule has 3 amide bonds. The summed E-state index contributed by atoms with van der Waals surface area (Å²) in [6.07, 6.45) is 1.92. The highest BCUT2D eigenvalue weighted by Crippen LogP contribution is 2.08. The molecule has 0 radical (unpaired) electrons. The van der Waals surface area contributed by atoms with Crippen molar-refractivity contribution in [2.45, 2.75) is 63.8 Å². The molecule has 0 saturated carbocycles. The number of benzene rings is 2. The van der Waals surface area contributed by atoms with Crippen molar-refractivity contribution >= 4 is 82.9 Å². The van der Waals surface area contributed by atoms with Crippen LogP contribution in [0.1, 0.15) is 49.7 Å². The van der Waals surface area contributed by atoms with Crippen LogP contribution >= 0.6 is 48.0 Å². The van der Waals surface area contributed by atoms with E-state index >= 15 is 0 Å². The lowest BCUT2D eigenvalue weighted by atomic mass is 10.1. The van der Waals surface area contributed by atoms with Gasteiger partial charge in [-0.3, -0.25) is 9.59 Å².